The van der Waals surface area contributed by atoms with Crippen LogP contribution in [0, 0.1) is 6.92 Å². The predicted molar refractivity (Wildman–Crippen MR) is 90.1 cm³/mol. The first-order valence-electron chi connectivity index (χ1n) is 6.99. The van der Waals surface area contributed by atoms with Gasteiger partial charge in [-0.25, -0.2) is 0 Å². The van der Waals surface area contributed by atoms with E-state index in [0.29, 0.717) is 0 Å². The minimum Gasteiger partial charge on any atom is -0.318 e. The lowest BCUT2D eigenvalue weighted by Crippen LogP contribution is -2.14. The van der Waals surface area contributed by atoms with Crippen molar-refractivity contribution in [2.24, 2.45) is 0 Å². The number of hydrogen-bond acceptors (Lipinski definition) is 5. The summed E-state index contributed by atoms with van der Waals surface area (Å²) in [6, 6.07) is 15.2. The van der Waals surface area contributed by atoms with Crippen LogP contribution in [0.3, 0.4) is 0 Å². The van der Waals surface area contributed by atoms with Crippen LogP contribution in [0.25, 0.3) is 5.69 Å². The molecule has 0 spiro atoms. The fraction of sp³-hybridized carbons (Fsp3) is 0.125. The number of hydrogen-bond donors (Lipinski definition) is 1. The van der Waals surface area contributed by atoms with Crippen molar-refractivity contribution in [2.45, 2.75) is 11.8 Å². The Bertz CT molecular complexity index is 828. The van der Waals surface area contributed by atoms with E-state index >= 15 is 0 Å². The third-order valence-corrected chi connectivity index (χ3v) is 4.03. The number of amides is 1. The van der Waals surface area contributed by atoms with Crippen LogP contribution >= 0.6 is 11.8 Å². The zero-order valence-electron chi connectivity index (χ0n) is 12.7. The minimum absolute atomic E-state index is 0.0291. The van der Waals surface area contributed by atoms with E-state index in [1.165, 1.54) is 4.80 Å². The van der Waals surface area contributed by atoms with Gasteiger partial charge in [-0.3, -0.25) is 4.79 Å². The van der Waals surface area contributed by atoms with E-state index in [2.05, 4.69) is 20.7 Å². The first-order chi connectivity index (χ1) is 11.2. The van der Waals surface area contributed by atoms with E-state index in [4.69, 9.17) is 0 Å². The zero-order valence-corrected chi connectivity index (χ0v) is 13.5. The summed E-state index contributed by atoms with van der Waals surface area (Å²) < 4.78 is 0. The van der Waals surface area contributed by atoms with E-state index in [9.17, 15) is 4.79 Å². The van der Waals surface area contributed by atoms with Gasteiger partial charge < -0.3 is 5.32 Å². The van der Waals surface area contributed by atoms with Gasteiger partial charge in [0.2, 0.25) is 0 Å². The van der Waals surface area contributed by atoms with Gasteiger partial charge in [-0.1, -0.05) is 29.8 Å². The molecular formula is C16H15N5OS. The summed E-state index contributed by atoms with van der Waals surface area (Å²) >= 11 is 1.56. The molecule has 116 valence electrons. The molecule has 0 aliphatic rings. The summed E-state index contributed by atoms with van der Waals surface area (Å²) in [7, 11) is 0. The molecule has 1 aromatic heterocycles. The number of anilines is 1. The molecule has 0 saturated heterocycles. The topological polar surface area (TPSA) is 72.7 Å². The predicted octanol–water partition coefficient (Wildman–Crippen LogP) is 2.94. The largest absolute Gasteiger partial charge is 0.318 e. The summed E-state index contributed by atoms with van der Waals surface area (Å²) in [5, 5.41) is 14.7. The summed E-state index contributed by atoms with van der Waals surface area (Å²) in [6.07, 6.45) is 1.96. The van der Waals surface area contributed by atoms with E-state index in [0.717, 1.165) is 21.8 Å². The molecule has 6 nitrogen and oxygen atoms in total. The van der Waals surface area contributed by atoms with Crippen molar-refractivity contribution >= 4 is 23.4 Å². The van der Waals surface area contributed by atoms with Crippen LogP contribution in [-0.4, -0.2) is 32.4 Å². The maximum atomic E-state index is 12.3. The van der Waals surface area contributed by atoms with Crippen molar-refractivity contribution in [3.63, 3.8) is 0 Å². The lowest BCUT2D eigenvalue weighted by molar-refractivity contribution is 0.101. The van der Waals surface area contributed by atoms with E-state index in [1.807, 2.05) is 61.7 Å². The Balaban J connectivity index is 1.80. The van der Waals surface area contributed by atoms with Gasteiger partial charge in [-0.2, -0.15) is 0 Å². The van der Waals surface area contributed by atoms with E-state index in [-0.39, 0.29) is 11.7 Å². The van der Waals surface area contributed by atoms with Crippen LogP contribution < -0.4 is 5.32 Å². The molecule has 0 aliphatic carbocycles. The highest BCUT2D eigenvalue weighted by molar-refractivity contribution is 7.98. The van der Waals surface area contributed by atoms with Crippen LogP contribution in [0.2, 0.25) is 0 Å². The number of carbonyl (C=O) groups is 1. The Hall–Kier alpha value is -2.67. The number of para-hydroxylation sites is 1. The van der Waals surface area contributed by atoms with Gasteiger partial charge in [0.15, 0.2) is 0 Å². The molecule has 0 radical (unpaired) electrons. The monoisotopic (exact) mass is 325 g/mol. The number of thioether (sulfide) groups is 1. The molecule has 0 fully saturated rings. The van der Waals surface area contributed by atoms with Crippen molar-refractivity contribution in [2.75, 3.05) is 11.6 Å². The quantitative estimate of drug-likeness (QED) is 0.747. The van der Waals surface area contributed by atoms with E-state index in [1.54, 1.807) is 11.8 Å². The molecule has 2 aromatic carbocycles. The molecule has 7 heteroatoms. The molecule has 0 unspecified atom stereocenters. The Morgan fingerprint density at radius 3 is 2.61 bits per heavy atom. The average Bonchev–Trinajstić information content (AvgIpc) is 3.06. The number of rotatable bonds is 4. The van der Waals surface area contributed by atoms with Gasteiger partial charge in [-0.05, 0) is 42.7 Å². The van der Waals surface area contributed by atoms with Crippen molar-refractivity contribution in [1.82, 2.24) is 20.2 Å². The van der Waals surface area contributed by atoms with Crippen LogP contribution in [0.5, 0.6) is 0 Å². The van der Waals surface area contributed by atoms with Crippen LogP contribution in [0.15, 0.2) is 53.4 Å². The van der Waals surface area contributed by atoms with Gasteiger partial charge in [0.25, 0.3) is 11.7 Å². The highest BCUT2D eigenvalue weighted by Crippen LogP contribution is 2.24. The lowest BCUT2D eigenvalue weighted by Gasteiger charge is -2.06. The number of benzene rings is 2. The molecule has 3 rings (SSSR count). The van der Waals surface area contributed by atoms with Crippen LogP contribution in [0.4, 0.5) is 5.69 Å². The zero-order chi connectivity index (χ0) is 16.2. The fourth-order valence-corrected chi connectivity index (χ4v) is 2.57. The molecule has 1 heterocycles. The molecule has 3 aromatic rings. The second-order valence-corrected chi connectivity index (χ2v) is 5.74. The standard InChI is InChI=1S/C16H15N5OS/c1-11-7-9-12(10-8-11)21-19-15(18-20-21)16(22)17-13-5-3-4-6-14(13)23-2/h3-10H,1-2H3,(H,17,22). The Labute approximate surface area is 137 Å². The van der Waals surface area contributed by atoms with Gasteiger partial charge >= 0.3 is 0 Å². The first kappa shape index (κ1) is 15.2. The number of nitrogens with zero attached hydrogens (tertiary/aromatic N) is 4. The van der Waals surface area contributed by atoms with Crippen LogP contribution in [-0.2, 0) is 0 Å². The van der Waals surface area contributed by atoms with Crippen molar-refractivity contribution in [1.29, 1.82) is 0 Å². The summed E-state index contributed by atoms with van der Waals surface area (Å²) in [6.45, 7) is 2.00. The molecule has 0 atom stereocenters. The fourth-order valence-electron chi connectivity index (χ4n) is 2.02. The third-order valence-electron chi connectivity index (χ3n) is 3.24. The van der Waals surface area contributed by atoms with Gasteiger partial charge in [-0.15, -0.1) is 26.8 Å². The molecule has 1 N–H and O–H groups in total. The number of aryl methyl sites for hydroxylation is 1. The highest BCUT2D eigenvalue weighted by Gasteiger charge is 2.15. The smallest absolute Gasteiger partial charge is 0.297 e. The second-order valence-electron chi connectivity index (χ2n) is 4.89. The van der Waals surface area contributed by atoms with Crippen molar-refractivity contribution < 1.29 is 4.79 Å². The normalized spacial score (nSPS) is 10.5. The highest BCUT2D eigenvalue weighted by atomic mass is 32.2. The van der Waals surface area contributed by atoms with Gasteiger partial charge in [0.05, 0.1) is 11.4 Å². The number of tetrazole rings is 1. The summed E-state index contributed by atoms with van der Waals surface area (Å²) in [5.41, 5.74) is 2.63. The average molecular weight is 325 g/mol. The number of aromatic nitrogens is 4. The van der Waals surface area contributed by atoms with Crippen molar-refractivity contribution in [3.05, 3.63) is 59.9 Å². The van der Waals surface area contributed by atoms with Gasteiger partial charge in [0, 0.05) is 4.90 Å². The molecule has 0 bridgehead atoms. The number of nitrogens with one attached hydrogen (secondary N) is 1. The minimum atomic E-state index is -0.384. The third kappa shape index (κ3) is 3.40. The SMILES string of the molecule is CSc1ccccc1NC(=O)c1nnn(-c2ccc(C)cc2)n1. The summed E-state index contributed by atoms with van der Waals surface area (Å²) in [4.78, 5) is 14.6. The molecule has 23 heavy (non-hydrogen) atoms. The molecule has 0 saturated carbocycles. The second kappa shape index (κ2) is 6.62. The van der Waals surface area contributed by atoms with Crippen LogP contribution in [0.1, 0.15) is 16.2 Å². The number of carbonyl (C=O) groups excluding carboxylic acids is 1. The Kier molecular flexibility index (Phi) is 4.38. The Morgan fingerprint density at radius 1 is 1.13 bits per heavy atom. The maximum absolute atomic E-state index is 12.3. The van der Waals surface area contributed by atoms with E-state index < -0.39 is 0 Å². The van der Waals surface area contributed by atoms with Crippen molar-refractivity contribution in [3.8, 4) is 5.69 Å². The van der Waals surface area contributed by atoms with Gasteiger partial charge in [0.1, 0.15) is 0 Å². The summed E-state index contributed by atoms with van der Waals surface area (Å²) in [5.74, 6) is -0.355. The first-order valence-corrected chi connectivity index (χ1v) is 8.21. The maximum Gasteiger partial charge on any atom is 0.297 e. The molecule has 1 amide bonds. The molecular weight excluding hydrogens is 310 g/mol. The lowest BCUT2D eigenvalue weighted by atomic mass is 10.2. The Morgan fingerprint density at radius 2 is 1.87 bits per heavy atom. The molecule has 0 aliphatic heterocycles.